The normalized spacial score (nSPS) is 14.2. The maximum absolute atomic E-state index is 13.7. The van der Waals surface area contributed by atoms with E-state index in [1.165, 1.54) is 0 Å². The van der Waals surface area contributed by atoms with Crippen LogP contribution in [-0.4, -0.2) is 70.5 Å². The summed E-state index contributed by atoms with van der Waals surface area (Å²) < 4.78 is 219. The number of non-ortho nitro benzene ring substituents is 1. The van der Waals surface area contributed by atoms with Crippen LogP contribution in [0.15, 0.2) is 18.2 Å². The Morgan fingerprint density at radius 1 is 0.732 bits per heavy atom. The molecule has 0 saturated heterocycles. The van der Waals surface area contributed by atoms with Crippen molar-refractivity contribution in [3.8, 4) is 5.75 Å². The van der Waals surface area contributed by atoms with Gasteiger partial charge in [0.2, 0.25) is 5.75 Å². The van der Waals surface area contributed by atoms with Gasteiger partial charge in [-0.2, -0.15) is 61.5 Å². The number of hydrogen-bond donors (Lipinski definition) is 0. The van der Waals surface area contributed by atoms with Gasteiger partial charge in [-0.25, -0.2) is 13.6 Å². The summed E-state index contributed by atoms with van der Waals surface area (Å²) in [5, 5.41) is 21.4. The molecule has 1 aromatic carbocycles. The Morgan fingerprint density at radius 2 is 1.17 bits per heavy atom. The Kier molecular flexibility index (Phi) is 9.04. The molecular formula is C16H6F16N2O7. The summed E-state index contributed by atoms with van der Waals surface area (Å²) in [7, 11) is 0. The summed E-state index contributed by atoms with van der Waals surface area (Å²) in [5.41, 5.74) is -2.57. The molecule has 0 aliphatic carbocycles. The average molecular weight is 642 g/mol. The molecular weight excluding hydrogens is 636 g/mol. The van der Waals surface area contributed by atoms with Crippen LogP contribution in [-0.2, 0) is 4.74 Å². The number of halogens is 16. The summed E-state index contributed by atoms with van der Waals surface area (Å²) in [6.45, 7) is -3.60. The van der Waals surface area contributed by atoms with Gasteiger partial charge in [0.1, 0.15) is 0 Å². The van der Waals surface area contributed by atoms with Crippen LogP contribution >= 0.6 is 0 Å². The van der Waals surface area contributed by atoms with Crippen molar-refractivity contribution in [1.29, 1.82) is 0 Å². The molecule has 9 nitrogen and oxygen atoms in total. The molecule has 0 saturated carbocycles. The van der Waals surface area contributed by atoms with Gasteiger partial charge in [-0.1, -0.05) is 0 Å². The van der Waals surface area contributed by atoms with Gasteiger partial charge in [0.25, 0.3) is 5.69 Å². The Labute approximate surface area is 211 Å². The summed E-state index contributed by atoms with van der Waals surface area (Å²) in [4.78, 5) is 30.1. The van der Waals surface area contributed by atoms with Gasteiger partial charge >= 0.3 is 59.7 Å². The third kappa shape index (κ3) is 5.56. The molecule has 1 rings (SSSR count). The molecule has 0 unspecified atom stereocenters. The molecule has 0 amide bonds. The van der Waals surface area contributed by atoms with E-state index in [2.05, 4.69) is 9.47 Å². The van der Waals surface area contributed by atoms with Gasteiger partial charge in [0.15, 0.2) is 6.61 Å². The summed E-state index contributed by atoms with van der Waals surface area (Å²) in [6, 6.07) is 0.631. The highest BCUT2D eigenvalue weighted by Crippen LogP contribution is 2.62. The second kappa shape index (κ2) is 10.5. The molecule has 0 atom stereocenters. The van der Waals surface area contributed by atoms with Gasteiger partial charge < -0.3 is 9.47 Å². The van der Waals surface area contributed by atoms with E-state index in [-0.39, 0.29) is 12.1 Å². The highest BCUT2D eigenvalue weighted by Gasteiger charge is 2.93. The number of hydrogen-bond acceptors (Lipinski definition) is 7. The summed E-state index contributed by atoms with van der Waals surface area (Å²) >= 11 is 0. The second-order valence-electron chi connectivity index (χ2n) is 7.31. The van der Waals surface area contributed by atoms with E-state index >= 15 is 0 Å². The smallest absolute Gasteiger partial charge is 0.427 e. The minimum atomic E-state index is -8.66. The Morgan fingerprint density at radius 3 is 1.59 bits per heavy atom. The number of alkyl halides is 16. The fourth-order valence-corrected chi connectivity index (χ4v) is 2.38. The second-order valence-corrected chi connectivity index (χ2v) is 7.31. The van der Waals surface area contributed by atoms with Crippen molar-refractivity contribution in [2.45, 2.75) is 47.9 Å². The number of carbonyl (C=O) groups excluding carboxylic acids is 1. The first kappa shape index (κ1) is 35.2. The van der Waals surface area contributed by atoms with Gasteiger partial charge in [0, 0.05) is 6.07 Å². The van der Waals surface area contributed by atoms with Crippen molar-refractivity contribution in [3.63, 3.8) is 0 Å². The Hall–Kier alpha value is -3.83. The molecule has 0 heterocycles. The van der Waals surface area contributed by atoms with Gasteiger partial charge in [0.05, 0.1) is 15.9 Å². The predicted octanol–water partition coefficient (Wildman–Crippen LogP) is 6.73. The van der Waals surface area contributed by atoms with E-state index in [9.17, 15) is 95.3 Å². The highest BCUT2D eigenvalue weighted by molar-refractivity contribution is 5.67. The first-order valence-corrected chi connectivity index (χ1v) is 9.25. The molecule has 25 heteroatoms. The molecule has 0 fully saturated rings. The lowest BCUT2D eigenvalue weighted by Gasteiger charge is -2.42. The molecule has 0 N–H and O–H groups in total. The van der Waals surface area contributed by atoms with Crippen molar-refractivity contribution in [3.05, 3.63) is 38.4 Å². The third-order valence-corrected chi connectivity index (χ3v) is 4.64. The quantitative estimate of drug-likeness (QED) is 0.0815. The number of benzene rings is 1. The number of nitro benzene ring substituents is 2. The first-order chi connectivity index (χ1) is 18.0. The average Bonchev–Trinajstić information content (AvgIpc) is 2.81. The van der Waals surface area contributed by atoms with Crippen molar-refractivity contribution in [2.24, 2.45) is 0 Å². The highest BCUT2D eigenvalue weighted by atomic mass is 19.4. The predicted molar refractivity (Wildman–Crippen MR) is 92.4 cm³/mol. The zero-order chi connectivity index (χ0) is 32.8. The number of rotatable bonds is 12. The minimum Gasteiger partial charge on any atom is -0.427 e. The molecule has 0 radical (unpaired) electrons. The standard InChI is InChI=1S/C16H6F16N2O7/c17-8(18)11(21,22)13(25,26)15(29,30)16(31,32)14(27,28)12(23,24)10(19,20)4-40-9(35)41-7-2-1-5(33(36)37)3-6(7)34(38)39/h1-3,8H,4H2. The molecule has 0 bridgehead atoms. The number of nitro groups is 2. The van der Waals surface area contributed by atoms with Gasteiger partial charge in [-0.3, -0.25) is 20.2 Å². The van der Waals surface area contributed by atoms with E-state index in [1.807, 2.05) is 0 Å². The maximum atomic E-state index is 13.7. The molecule has 0 aliphatic heterocycles. The third-order valence-electron chi connectivity index (χ3n) is 4.64. The van der Waals surface area contributed by atoms with E-state index in [1.54, 1.807) is 0 Å². The fourth-order valence-electron chi connectivity index (χ4n) is 2.38. The molecule has 0 aliphatic rings. The molecule has 234 valence electrons. The summed E-state index contributed by atoms with van der Waals surface area (Å²) in [5.74, 6) is -58.1. The molecule has 0 spiro atoms. The lowest BCUT2D eigenvalue weighted by atomic mass is 9.89. The van der Waals surface area contributed by atoms with E-state index < -0.39 is 87.6 Å². The lowest BCUT2D eigenvalue weighted by Crippen LogP contribution is -2.74. The van der Waals surface area contributed by atoms with Crippen LogP contribution in [0, 0.1) is 20.2 Å². The van der Waals surface area contributed by atoms with Crippen LogP contribution in [0.2, 0.25) is 0 Å². The molecule has 41 heavy (non-hydrogen) atoms. The summed E-state index contributed by atoms with van der Waals surface area (Å²) in [6.07, 6.45) is -8.80. The Bertz CT molecular complexity index is 1190. The van der Waals surface area contributed by atoms with Crippen molar-refractivity contribution < 1.29 is 94.4 Å². The number of ether oxygens (including phenoxy) is 2. The van der Waals surface area contributed by atoms with Crippen molar-refractivity contribution in [1.82, 2.24) is 0 Å². The molecule has 1 aromatic rings. The van der Waals surface area contributed by atoms with Crippen LogP contribution in [0.1, 0.15) is 0 Å². The van der Waals surface area contributed by atoms with Crippen molar-refractivity contribution in [2.75, 3.05) is 6.61 Å². The largest absolute Gasteiger partial charge is 0.514 e. The Balaban J connectivity index is 3.33. The SMILES string of the molecule is O=C(OCC(F)(F)C(F)(F)C(F)(F)C(F)(F)C(F)(F)C(F)(F)C(F)(F)C(F)F)Oc1ccc([N+](=O)[O-])cc1[N+](=O)[O-]. The number of carbonyl (C=O) groups is 1. The fraction of sp³-hybridized carbons (Fsp3) is 0.562. The van der Waals surface area contributed by atoms with E-state index in [0.717, 1.165) is 0 Å². The molecule has 0 aromatic heterocycles. The number of nitrogens with zero attached hydrogens (tertiary/aromatic N) is 2. The van der Waals surface area contributed by atoms with Gasteiger partial charge in [-0.15, -0.1) is 0 Å². The van der Waals surface area contributed by atoms with E-state index in [0.29, 0.717) is 6.07 Å². The van der Waals surface area contributed by atoms with Gasteiger partial charge in [-0.05, 0) is 6.07 Å². The zero-order valence-corrected chi connectivity index (χ0v) is 18.3. The van der Waals surface area contributed by atoms with E-state index in [4.69, 9.17) is 0 Å². The lowest BCUT2D eigenvalue weighted by molar-refractivity contribution is -0.447. The minimum absolute atomic E-state index is 0.0710. The van der Waals surface area contributed by atoms with Crippen LogP contribution in [0.4, 0.5) is 86.4 Å². The monoisotopic (exact) mass is 642 g/mol. The van der Waals surface area contributed by atoms with Crippen LogP contribution in [0.3, 0.4) is 0 Å². The zero-order valence-electron chi connectivity index (χ0n) is 18.3. The van der Waals surface area contributed by atoms with Crippen LogP contribution < -0.4 is 4.74 Å². The van der Waals surface area contributed by atoms with Crippen LogP contribution in [0.25, 0.3) is 0 Å². The van der Waals surface area contributed by atoms with Crippen molar-refractivity contribution >= 4 is 17.5 Å². The topological polar surface area (TPSA) is 122 Å². The van der Waals surface area contributed by atoms with Crippen LogP contribution in [0.5, 0.6) is 5.75 Å². The maximum Gasteiger partial charge on any atom is 0.514 e. The first-order valence-electron chi connectivity index (χ1n) is 9.25.